The number of hydrogen-bond acceptors (Lipinski definition) is 2. The van der Waals surface area contributed by atoms with Gasteiger partial charge in [0.25, 0.3) is 0 Å². The molecule has 1 heterocycles. The number of hydrogen-bond donors (Lipinski definition) is 1. The molecule has 0 unspecified atom stereocenters. The van der Waals surface area contributed by atoms with Gasteiger partial charge in [0, 0.05) is 21.8 Å². The van der Waals surface area contributed by atoms with Crippen LogP contribution in [0.1, 0.15) is 29.7 Å². The van der Waals surface area contributed by atoms with Crippen molar-refractivity contribution in [2.75, 3.05) is 5.32 Å². The molecular weight excluding hydrogens is 323 g/mol. The fourth-order valence-corrected chi connectivity index (χ4v) is 3.52. The number of pyridine rings is 1. The van der Waals surface area contributed by atoms with Crippen LogP contribution in [0.4, 0.5) is 15.8 Å². The minimum absolute atomic E-state index is 0.199. The van der Waals surface area contributed by atoms with Gasteiger partial charge in [0.2, 0.25) is 0 Å². The second-order valence-electron chi connectivity index (χ2n) is 6.37. The van der Waals surface area contributed by atoms with Gasteiger partial charge in [-0.15, -0.1) is 0 Å². The minimum atomic E-state index is -0.199. The Balaban J connectivity index is 1.89. The molecule has 1 aromatic heterocycles. The topological polar surface area (TPSA) is 24.9 Å². The molecule has 4 heteroatoms. The van der Waals surface area contributed by atoms with E-state index < -0.39 is 0 Å². The predicted octanol–water partition coefficient (Wildman–Crippen LogP) is 5.96. The van der Waals surface area contributed by atoms with E-state index in [4.69, 9.17) is 16.6 Å². The molecule has 0 saturated carbocycles. The zero-order valence-corrected chi connectivity index (χ0v) is 14.3. The lowest BCUT2D eigenvalue weighted by atomic mass is 9.92. The van der Waals surface area contributed by atoms with Gasteiger partial charge in [-0.2, -0.15) is 0 Å². The number of aryl methyl sites for hydroxylation is 2. The van der Waals surface area contributed by atoms with Crippen LogP contribution in [0, 0.1) is 12.7 Å². The molecule has 122 valence electrons. The van der Waals surface area contributed by atoms with Crippen molar-refractivity contribution in [3.05, 3.63) is 64.1 Å². The van der Waals surface area contributed by atoms with E-state index in [-0.39, 0.29) is 5.82 Å². The van der Waals surface area contributed by atoms with Gasteiger partial charge in [-0.1, -0.05) is 17.7 Å². The SMILES string of the molecule is Cc1ccc(Nc2c3c(nc4cc(Cl)ccc24)CCCC3)cc1F. The van der Waals surface area contributed by atoms with Gasteiger partial charge in [0.1, 0.15) is 5.82 Å². The lowest BCUT2D eigenvalue weighted by Gasteiger charge is -2.22. The van der Waals surface area contributed by atoms with Crippen molar-refractivity contribution >= 4 is 33.9 Å². The molecule has 0 atom stereocenters. The first-order chi connectivity index (χ1) is 11.6. The Labute approximate surface area is 145 Å². The number of rotatable bonds is 2. The molecule has 0 amide bonds. The number of fused-ring (bicyclic) bond motifs is 2. The van der Waals surface area contributed by atoms with Crippen LogP contribution < -0.4 is 5.32 Å². The van der Waals surface area contributed by atoms with E-state index in [0.29, 0.717) is 10.6 Å². The number of anilines is 2. The largest absolute Gasteiger partial charge is 0.355 e. The van der Waals surface area contributed by atoms with Crippen molar-refractivity contribution in [3.8, 4) is 0 Å². The summed E-state index contributed by atoms with van der Waals surface area (Å²) in [5, 5.41) is 5.15. The molecule has 3 aromatic rings. The van der Waals surface area contributed by atoms with Gasteiger partial charge in [-0.3, -0.25) is 4.98 Å². The molecular formula is C20H18ClFN2. The summed E-state index contributed by atoms with van der Waals surface area (Å²) in [6.07, 6.45) is 4.29. The number of nitrogens with zero attached hydrogens (tertiary/aromatic N) is 1. The molecule has 4 rings (SSSR count). The van der Waals surface area contributed by atoms with Crippen LogP contribution in [0.2, 0.25) is 5.02 Å². The summed E-state index contributed by atoms with van der Waals surface area (Å²) in [6, 6.07) is 11.0. The van der Waals surface area contributed by atoms with Crippen molar-refractivity contribution in [1.29, 1.82) is 0 Å². The number of aromatic nitrogens is 1. The van der Waals surface area contributed by atoms with Gasteiger partial charge in [-0.05, 0) is 74.1 Å². The smallest absolute Gasteiger partial charge is 0.128 e. The second-order valence-corrected chi connectivity index (χ2v) is 6.81. The molecule has 1 aliphatic carbocycles. The molecule has 0 saturated heterocycles. The predicted molar refractivity (Wildman–Crippen MR) is 97.8 cm³/mol. The summed E-state index contributed by atoms with van der Waals surface area (Å²) in [5.41, 5.74) is 5.71. The Morgan fingerprint density at radius 3 is 2.75 bits per heavy atom. The maximum atomic E-state index is 13.9. The molecule has 0 bridgehead atoms. The lowest BCUT2D eigenvalue weighted by molar-refractivity contribution is 0.619. The lowest BCUT2D eigenvalue weighted by Crippen LogP contribution is -2.09. The minimum Gasteiger partial charge on any atom is -0.355 e. The van der Waals surface area contributed by atoms with Crippen LogP contribution in [0.5, 0.6) is 0 Å². The summed E-state index contributed by atoms with van der Waals surface area (Å²) in [6.45, 7) is 1.77. The van der Waals surface area contributed by atoms with Crippen LogP contribution in [0.15, 0.2) is 36.4 Å². The fourth-order valence-electron chi connectivity index (χ4n) is 3.36. The van der Waals surface area contributed by atoms with Gasteiger partial charge in [0.05, 0.1) is 11.2 Å². The second kappa shape index (κ2) is 6.06. The van der Waals surface area contributed by atoms with Crippen LogP contribution in [-0.2, 0) is 12.8 Å². The average Bonchev–Trinajstić information content (AvgIpc) is 2.57. The Hall–Kier alpha value is -2.13. The Morgan fingerprint density at radius 1 is 1.08 bits per heavy atom. The Morgan fingerprint density at radius 2 is 1.92 bits per heavy atom. The van der Waals surface area contributed by atoms with Crippen LogP contribution in [-0.4, -0.2) is 4.98 Å². The molecule has 1 N–H and O–H groups in total. The average molecular weight is 341 g/mol. The van der Waals surface area contributed by atoms with E-state index in [9.17, 15) is 4.39 Å². The van der Waals surface area contributed by atoms with E-state index in [1.54, 1.807) is 19.1 Å². The van der Waals surface area contributed by atoms with E-state index in [2.05, 4.69) is 5.32 Å². The highest BCUT2D eigenvalue weighted by Crippen LogP contribution is 2.36. The van der Waals surface area contributed by atoms with Crippen LogP contribution in [0.3, 0.4) is 0 Å². The molecule has 0 spiro atoms. The highest BCUT2D eigenvalue weighted by atomic mass is 35.5. The summed E-state index contributed by atoms with van der Waals surface area (Å²) in [4.78, 5) is 4.81. The van der Waals surface area contributed by atoms with E-state index in [1.165, 1.54) is 5.56 Å². The highest BCUT2D eigenvalue weighted by molar-refractivity contribution is 6.31. The van der Waals surface area contributed by atoms with Crippen molar-refractivity contribution in [1.82, 2.24) is 4.98 Å². The van der Waals surface area contributed by atoms with Crippen molar-refractivity contribution in [2.24, 2.45) is 0 Å². The quantitative estimate of drug-likeness (QED) is 0.622. The van der Waals surface area contributed by atoms with E-state index in [0.717, 1.165) is 53.7 Å². The fraction of sp³-hybridized carbons (Fsp3) is 0.250. The van der Waals surface area contributed by atoms with Gasteiger partial charge >= 0.3 is 0 Å². The first-order valence-corrected chi connectivity index (χ1v) is 8.64. The molecule has 0 fully saturated rings. The van der Waals surface area contributed by atoms with E-state index >= 15 is 0 Å². The molecule has 1 aliphatic rings. The molecule has 24 heavy (non-hydrogen) atoms. The van der Waals surface area contributed by atoms with Gasteiger partial charge in [0.15, 0.2) is 0 Å². The zero-order chi connectivity index (χ0) is 16.7. The first-order valence-electron chi connectivity index (χ1n) is 8.26. The third kappa shape index (κ3) is 2.73. The summed E-state index contributed by atoms with van der Waals surface area (Å²) >= 11 is 6.14. The normalized spacial score (nSPS) is 13.8. The summed E-state index contributed by atoms with van der Waals surface area (Å²) < 4.78 is 13.9. The number of benzene rings is 2. The van der Waals surface area contributed by atoms with Crippen molar-refractivity contribution < 1.29 is 4.39 Å². The molecule has 0 radical (unpaired) electrons. The van der Waals surface area contributed by atoms with Gasteiger partial charge in [-0.25, -0.2) is 4.39 Å². The maximum Gasteiger partial charge on any atom is 0.128 e. The van der Waals surface area contributed by atoms with Crippen molar-refractivity contribution in [3.63, 3.8) is 0 Å². The van der Waals surface area contributed by atoms with E-state index in [1.807, 2.05) is 24.3 Å². The molecule has 2 nitrogen and oxygen atoms in total. The highest BCUT2D eigenvalue weighted by Gasteiger charge is 2.18. The molecule has 2 aromatic carbocycles. The number of halogens is 2. The zero-order valence-electron chi connectivity index (χ0n) is 13.5. The molecule has 0 aliphatic heterocycles. The Bertz CT molecular complexity index is 937. The van der Waals surface area contributed by atoms with Crippen LogP contribution in [0.25, 0.3) is 10.9 Å². The van der Waals surface area contributed by atoms with Gasteiger partial charge < -0.3 is 5.32 Å². The first kappa shape index (κ1) is 15.4. The summed E-state index contributed by atoms with van der Waals surface area (Å²) in [5.74, 6) is -0.199. The van der Waals surface area contributed by atoms with Crippen molar-refractivity contribution in [2.45, 2.75) is 32.6 Å². The third-order valence-electron chi connectivity index (χ3n) is 4.67. The maximum absolute atomic E-state index is 13.9. The van der Waals surface area contributed by atoms with Crippen LogP contribution >= 0.6 is 11.6 Å². The third-order valence-corrected chi connectivity index (χ3v) is 4.90. The number of nitrogens with one attached hydrogen (secondary N) is 1. The summed E-state index contributed by atoms with van der Waals surface area (Å²) in [7, 11) is 0. The monoisotopic (exact) mass is 340 g/mol. The Kier molecular flexibility index (Phi) is 3.89. The standard InChI is InChI=1S/C20H18ClFN2/c1-12-6-8-14(11-17(12)22)23-20-15-4-2-3-5-18(15)24-19-10-13(21)7-9-16(19)20/h6-11H,2-5H2,1H3,(H,23,24).